The van der Waals surface area contributed by atoms with E-state index in [1.807, 2.05) is 0 Å². The molecule has 0 bridgehead atoms. The molecule has 0 N–H and O–H groups in total. The summed E-state index contributed by atoms with van der Waals surface area (Å²) < 4.78 is 0. The molecule has 0 amide bonds. The van der Waals surface area contributed by atoms with E-state index >= 15 is 0 Å². The summed E-state index contributed by atoms with van der Waals surface area (Å²) in [5.41, 5.74) is 11.4. The number of nitrogens with zero attached hydrogens (tertiary/aromatic N) is 2. The summed E-state index contributed by atoms with van der Waals surface area (Å²) in [6.45, 7) is 0. The van der Waals surface area contributed by atoms with Crippen molar-refractivity contribution in [2.75, 3.05) is 10.0 Å². The Morgan fingerprint density at radius 3 is 0.762 bits per heavy atom. The fourth-order valence-corrected chi connectivity index (χ4v) is 5.77. The van der Waals surface area contributed by atoms with Crippen molar-refractivity contribution in [3.63, 3.8) is 0 Å². The van der Waals surface area contributed by atoms with Gasteiger partial charge in [0, 0.05) is 22.3 Å². The van der Waals surface area contributed by atoms with Crippen LogP contribution in [0.3, 0.4) is 0 Å². The van der Waals surface area contributed by atoms with Gasteiger partial charge in [0.25, 0.3) is 0 Å². The molecule has 200 valence electrons. The number of benzene rings is 6. The Hall–Kier alpha value is -5.60. The minimum atomic E-state index is 1.08. The van der Waals surface area contributed by atoms with Crippen molar-refractivity contribution in [2.45, 2.75) is 0 Å². The Kier molecular flexibility index (Phi) is 6.94. The molecule has 0 saturated heterocycles. The summed E-state index contributed by atoms with van der Waals surface area (Å²) in [5, 5.41) is 4.78. The maximum Gasteiger partial charge on any atom is 0.0794 e. The maximum absolute atomic E-state index is 2.39. The van der Waals surface area contributed by atoms with Gasteiger partial charge in [-0.1, -0.05) is 158 Å². The van der Waals surface area contributed by atoms with Crippen molar-refractivity contribution in [2.24, 2.45) is 0 Å². The van der Waals surface area contributed by atoms with Gasteiger partial charge < -0.3 is 0 Å². The van der Waals surface area contributed by atoms with Gasteiger partial charge in [0.15, 0.2) is 0 Å². The van der Waals surface area contributed by atoms with Gasteiger partial charge in [-0.15, -0.1) is 0 Å². The molecule has 2 nitrogen and oxygen atoms in total. The number of rotatable bonds is 6. The van der Waals surface area contributed by atoms with Crippen LogP contribution >= 0.6 is 0 Å². The molecule has 0 spiro atoms. The van der Waals surface area contributed by atoms with Gasteiger partial charge in [0.2, 0.25) is 0 Å². The van der Waals surface area contributed by atoms with Crippen LogP contribution in [0.1, 0.15) is 22.3 Å². The van der Waals surface area contributed by atoms with Crippen molar-refractivity contribution in [3.8, 4) is 0 Å². The molecule has 0 atom stereocenters. The van der Waals surface area contributed by atoms with Crippen LogP contribution in [0.5, 0.6) is 0 Å². The molecule has 0 unspecified atom stereocenters. The monoisotopic (exact) mass is 538 g/mol. The lowest BCUT2D eigenvalue weighted by Gasteiger charge is -2.46. The zero-order chi connectivity index (χ0) is 28.1. The lowest BCUT2D eigenvalue weighted by atomic mass is 9.84. The molecule has 0 fully saturated rings. The van der Waals surface area contributed by atoms with Gasteiger partial charge in [0.1, 0.15) is 0 Å². The van der Waals surface area contributed by atoms with E-state index in [-0.39, 0.29) is 0 Å². The molecule has 42 heavy (non-hydrogen) atoms. The fourth-order valence-electron chi connectivity index (χ4n) is 5.77. The van der Waals surface area contributed by atoms with E-state index in [2.05, 4.69) is 192 Å². The first-order chi connectivity index (χ1) is 20.9. The predicted molar refractivity (Wildman–Crippen MR) is 177 cm³/mol. The van der Waals surface area contributed by atoms with Crippen LogP contribution in [0.4, 0.5) is 11.4 Å². The number of para-hydroxylation sites is 2. The van der Waals surface area contributed by atoms with E-state index in [0.717, 1.165) is 45.0 Å². The van der Waals surface area contributed by atoms with Gasteiger partial charge in [-0.05, 0) is 35.4 Å². The normalized spacial score (nSPS) is 13.4. The molecular formula is C40H30N2. The average molecular weight is 539 g/mol. The van der Waals surface area contributed by atoms with E-state index in [0.29, 0.717) is 0 Å². The lowest BCUT2D eigenvalue weighted by molar-refractivity contribution is 0.999. The average Bonchev–Trinajstić information content (AvgIpc) is 3.09. The first-order valence-corrected chi connectivity index (χ1v) is 14.3. The molecule has 0 aromatic heterocycles. The number of hydrazine groups is 1. The van der Waals surface area contributed by atoms with E-state index in [4.69, 9.17) is 0 Å². The van der Waals surface area contributed by atoms with E-state index in [9.17, 15) is 0 Å². The second-order valence-corrected chi connectivity index (χ2v) is 10.2. The quantitative estimate of drug-likeness (QED) is 0.208. The van der Waals surface area contributed by atoms with E-state index < -0.39 is 0 Å². The SMILES string of the molecule is c1ccc(C2=C(c3ccccc3)N(c3ccccc3)N(c3ccccc3)C(c3ccccc3)=C2c2ccccc2)cc1. The summed E-state index contributed by atoms with van der Waals surface area (Å²) in [5.74, 6) is 0. The van der Waals surface area contributed by atoms with Crippen molar-refractivity contribution >= 4 is 33.9 Å². The second kappa shape index (κ2) is 11.5. The molecule has 0 saturated carbocycles. The maximum atomic E-state index is 2.39. The highest BCUT2D eigenvalue weighted by atomic mass is 15.6. The van der Waals surface area contributed by atoms with Crippen LogP contribution in [0.2, 0.25) is 0 Å². The summed E-state index contributed by atoms with van der Waals surface area (Å²) in [7, 11) is 0. The smallest absolute Gasteiger partial charge is 0.0794 e. The molecule has 1 heterocycles. The van der Waals surface area contributed by atoms with Crippen LogP contribution in [-0.2, 0) is 0 Å². The predicted octanol–water partition coefficient (Wildman–Crippen LogP) is 10.1. The highest BCUT2D eigenvalue weighted by Crippen LogP contribution is 2.51. The third-order valence-electron chi connectivity index (χ3n) is 7.57. The standard InChI is InChI=1S/C40H30N2/c1-7-19-31(20-8-1)37-38(32-21-9-2-10-22-32)40(34-25-13-4-14-26-34)42(36-29-17-6-18-30-36)41(35-27-15-5-16-28-35)39(37)33-23-11-3-12-24-33/h1-30H. The molecule has 7 rings (SSSR count). The lowest BCUT2D eigenvalue weighted by Crippen LogP contribution is -2.44. The Morgan fingerprint density at radius 2 is 0.476 bits per heavy atom. The number of allylic oxidation sites excluding steroid dienone is 2. The van der Waals surface area contributed by atoms with Gasteiger partial charge >= 0.3 is 0 Å². The number of hydrogen-bond donors (Lipinski definition) is 0. The number of hydrogen-bond acceptors (Lipinski definition) is 2. The molecule has 6 aromatic rings. The molecule has 1 aliphatic heterocycles. The summed E-state index contributed by atoms with van der Waals surface area (Å²) in [6.07, 6.45) is 0. The largest absolute Gasteiger partial charge is 0.248 e. The van der Waals surface area contributed by atoms with Crippen LogP contribution in [0.25, 0.3) is 22.5 Å². The first kappa shape index (κ1) is 25.4. The topological polar surface area (TPSA) is 6.48 Å². The zero-order valence-corrected chi connectivity index (χ0v) is 23.2. The van der Waals surface area contributed by atoms with E-state index in [1.54, 1.807) is 0 Å². The van der Waals surface area contributed by atoms with Crippen molar-refractivity contribution < 1.29 is 0 Å². The highest BCUT2D eigenvalue weighted by molar-refractivity contribution is 6.28. The van der Waals surface area contributed by atoms with Crippen molar-refractivity contribution in [1.82, 2.24) is 0 Å². The molecule has 0 radical (unpaired) electrons. The molecule has 1 aliphatic rings. The Labute approximate surface area is 247 Å². The van der Waals surface area contributed by atoms with Gasteiger partial charge in [0.05, 0.1) is 22.8 Å². The first-order valence-electron chi connectivity index (χ1n) is 14.3. The second-order valence-electron chi connectivity index (χ2n) is 10.2. The summed E-state index contributed by atoms with van der Waals surface area (Å²) in [4.78, 5) is 0. The summed E-state index contributed by atoms with van der Waals surface area (Å²) in [6, 6.07) is 64.5. The Balaban J connectivity index is 1.71. The van der Waals surface area contributed by atoms with Gasteiger partial charge in [-0.3, -0.25) is 0 Å². The van der Waals surface area contributed by atoms with E-state index in [1.165, 1.54) is 11.1 Å². The van der Waals surface area contributed by atoms with Crippen LogP contribution in [0, 0.1) is 0 Å². The zero-order valence-electron chi connectivity index (χ0n) is 23.2. The van der Waals surface area contributed by atoms with Crippen LogP contribution < -0.4 is 10.0 Å². The highest BCUT2D eigenvalue weighted by Gasteiger charge is 2.37. The minimum Gasteiger partial charge on any atom is -0.248 e. The van der Waals surface area contributed by atoms with Gasteiger partial charge in [-0.2, -0.15) is 0 Å². The molecular weight excluding hydrogens is 508 g/mol. The molecule has 2 heteroatoms. The number of anilines is 2. The third kappa shape index (κ3) is 4.70. The minimum absolute atomic E-state index is 1.08. The fraction of sp³-hybridized carbons (Fsp3) is 0. The third-order valence-corrected chi connectivity index (χ3v) is 7.57. The molecule has 6 aromatic carbocycles. The summed E-state index contributed by atoms with van der Waals surface area (Å²) >= 11 is 0. The van der Waals surface area contributed by atoms with Crippen LogP contribution in [0.15, 0.2) is 182 Å². The Morgan fingerprint density at radius 1 is 0.238 bits per heavy atom. The van der Waals surface area contributed by atoms with Crippen molar-refractivity contribution in [3.05, 3.63) is 204 Å². The van der Waals surface area contributed by atoms with Gasteiger partial charge in [-0.25, -0.2) is 10.0 Å². The Bertz CT molecular complexity index is 1690. The van der Waals surface area contributed by atoms with Crippen molar-refractivity contribution in [1.29, 1.82) is 0 Å². The van der Waals surface area contributed by atoms with Crippen LogP contribution in [-0.4, -0.2) is 0 Å². The molecule has 0 aliphatic carbocycles.